The molecule has 1 aliphatic heterocycles. The molecule has 7 nitrogen and oxygen atoms in total. The van der Waals surface area contributed by atoms with Crippen LogP contribution in [0.2, 0.25) is 0 Å². The highest BCUT2D eigenvalue weighted by atomic mass is 19.1. The van der Waals surface area contributed by atoms with Gasteiger partial charge in [-0.1, -0.05) is 0 Å². The van der Waals surface area contributed by atoms with E-state index in [9.17, 15) is 9.18 Å². The van der Waals surface area contributed by atoms with Crippen LogP contribution < -0.4 is 20.7 Å². The number of benzene rings is 1. The van der Waals surface area contributed by atoms with Crippen LogP contribution in [0.5, 0.6) is 5.75 Å². The molecule has 1 aromatic carbocycles. The fourth-order valence-electron chi connectivity index (χ4n) is 2.71. The summed E-state index contributed by atoms with van der Waals surface area (Å²) < 4.78 is 24.5. The molecule has 0 fully saturated rings. The highest BCUT2D eigenvalue weighted by Crippen LogP contribution is 2.29. The average molecular weight is 380 g/mol. The van der Waals surface area contributed by atoms with Gasteiger partial charge >= 0.3 is 0 Å². The van der Waals surface area contributed by atoms with Crippen LogP contribution in [0.4, 0.5) is 4.39 Å². The molecular weight excluding hydrogens is 351 g/mol. The van der Waals surface area contributed by atoms with E-state index < -0.39 is 0 Å². The maximum atomic E-state index is 13.8. The van der Waals surface area contributed by atoms with Crippen molar-refractivity contribution in [1.82, 2.24) is 16.0 Å². The van der Waals surface area contributed by atoms with Gasteiger partial charge in [0.1, 0.15) is 18.1 Å². The monoisotopic (exact) mass is 380 g/mol. The first kappa shape index (κ1) is 21.0. The van der Waals surface area contributed by atoms with Crippen LogP contribution in [0.3, 0.4) is 0 Å². The van der Waals surface area contributed by atoms with Crippen molar-refractivity contribution in [2.24, 2.45) is 4.99 Å². The van der Waals surface area contributed by atoms with Gasteiger partial charge in [-0.15, -0.1) is 0 Å². The fraction of sp³-hybridized carbons (Fsp3) is 0.579. The van der Waals surface area contributed by atoms with Crippen molar-refractivity contribution in [3.8, 4) is 5.75 Å². The Bertz CT molecular complexity index is 686. The van der Waals surface area contributed by atoms with Crippen molar-refractivity contribution in [1.29, 1.82) is 0 Å². The highest BCUT2D eigenvalue weighted by molar-refractivity contribution is 5.85. The summed E-state index contributed by atoms with van der Waals surface area (Å²) in [6.45, 7) is 9.45. The number of rotatable bonds is 6. The third-order valence-corrected chi connectivity index (χ3v) is 3.68. The van der Waals surface area contributed by atoms with Crippen molar-refractivity contribution in [3.63, 3.8) is 0 Å². The second kappa shape index (κ2) is 9.55. The lowest BCUT2D eigenvalue weighted by molar-refractivity contribution is -0.121. The van der Waals surface area contributed by atoms with Gasteiger partial charge in [-0.2, -0.15) is 0 Å². The number of nitrogens with zero attached hydrogens (tertiary/aromatic N) is 1. The molecule has 0 aliphatic carbocycles. The number of hydrogen-bond donors (Lipinski definition) is 3. The zero-order valence-corrected chi connectivity index (χ0v) is 16.4. The molecule has 2 rings (SSSR count). The summed E-state index contributed by atoms with van der Waals surface area (Å²) in [5, 5.41) is 9.12. The Kier molecular flexibility index (Phi) is 7.41. The maximum Gasteiger partial charge on any atom is 0.242 e. The largest absolute Gasteiger partial charge is 0.467 e. The summed E-state index contributed by atoms with van der Waals surface area (Å²) in [6, 6.07) is 2.91. The van der Waals surface area contributed by atoms with Gasteiger partial charge in [-0.25, -0.2) is 9.38 Å². The summed E-state index contributed by atoms with van der Waals surface area (Å²) in [5.74, 6) is 0.775. The number of fused-ring (bicyclic) bond motifs is 1. The molecule has 1 amide bonds. The number of hydrogen-bond acceptors (Lipinski definition) is 4. The Morgan fingerprint density at radius 2 is 2.07 bits per heavy atom. The quantitative estimate of drug-likeness (QED) is 0.517. The summed E-state index contributed by atoms with van der Waals surface area (Å²) >= 11 is 0. The molecule has 0 aromatic heterocycles. The van der Waals surface area contributed by atoms with E-state index in [4.69, 9.17) is 9.47 Å². The van der Waals surface area contributed by atoms with Gasteiger partial charge in [0, 0.05) is 24.2 Å². The molecule has 1 aliphatic rings. The molecule has 0 bridgehead atoms. The smallest absolute Gasteiger partial charge is 0.242 e. The molecule has 0 saturated heterocycles. The molecule has 8 heteroatoms. The number of nitrogens with one attached hydrogen (secondary N) is 3. The standard InChI is InChI=1S/C19H29FN4O3/c1-5-21-18(23-10-16(25)24-19(2,3)4)22-7-6-13-8-15(20)9-14-11-26-12-27-17(13)14/h8-9H,5-7,10-12H2,1-4H3,(H,24,25)(H2,21,22,23). The Labute approximate surface area is 159 Å². The molecular formula is C19H29FN4O3. The van der Waals surface area contributed by atoms with Gasteiger partial charge in [0.2, 0.25) is 5.91 Å². The van der Waals surface area contributed by atoms with E-state index in [1.54, 1.807) is 0 Å². The van der Waals surface area contributed by atoms with E-state index in [1.165, 1.54) is 12.1 Å². The third kappa shape index (κ3) is 7.05. The number of ether oxygens (including phenoxy) is 2. The molecule has 150 valence electrons. The molecule has 1 heterocycles. The van der Waals surface area contributed by atoms with Crippen LogP contribution in [0.25, 0.3) is 0 Å². The Morgan fingerprint density at radius 1 is 1.30 bits per heavy atom. The normalized spacial score (nSPS) is 14.2. The van der Waals surface area contributed by atoms with E-state index in [0.29, 0.717) is 37.8 Å². The van der Waals surface area contributed by atoms with Gasteiger partial charge < -0.3 is 25.4 Å². The van der Waals surface area contributed by atoms with Crippen LogP contribution in [-0.4, -0.2) is 43.8 Å². The van der Waals surface area contributed by atoms with Gasteiger partial charge in [0.05, 0.1) is 6.61 Å². The molecule has 0 atom stereocenters. The van der Waals surface area contributed by atoms with E-state index >= 15 is 0 Å². The van der Waals surface area contributed by atoms with E-state index in [-0.39, 0.29) is 30.6 Å². The van der Waals surface area contributed by atoms with Gasteiger partial charge in [-0.05, 0) is 51.8 Å². The van der Waals surface area contributed by atoms with Crippen LogP contribution in [0, 0.1) is 5.82 Å². The van der Waals surface area contributed by atoms with Crippen molar-refractivity contribution in [3.05, 3.63) is 29.1 Å². The first-order chi connectivity index (χ1) is 12.8. The summed E-state index contributed by atoms with van der Waals surface area (Å²) in [7, 11) is 0. The fourth-order valence-corrected chi connectivity index (χ4v) is 2.71. The first-order valence-electron chi connectivity index (χ1n) is 9.13. The third-order valence-electron chi connectivity index (χ3n) is 3.68. The molecule has 0 unspecified atom stereocenters. The van der Waals surface area contributed by atoms with Crippen LogP contribution in [0.1, 0.15) is 38.8 Å². The molecule has 1 aromatic rings. The number of carbonyl (C=O) groups is 1. The summed E-state index contributed by atoms with van der Waals surface area (Å²) in [4.78, 5) is 16.2. The summed E-state index contributed by atoms with van der Waals surface area (Å²) in [5.41, 5.74) is 1.20. The van der Waals surface area contributed by atoms with Crippen molar-refractivity contribution >= 4 is 11.9 Å². The number of amides is 1. The summed E-state index contributed by atoms with van der Waals surface area (Å²) in [6.07, 6.45) is 0.554. The van der Waals surface area contributed by atoms with Crippen molar-refractivity contribution in [2.45, 2.75) is 46.3 Å². The second-order valence-corrected chi connectivity index (χ2v) is 7.33. The Morgan fingerprint density at radius 3 is 2.78 bits per heavy atom. The predicted molar refractivity (Wildman–Crippen MR) is 102 cm³/mol. The topological polar surface area (TPSA) is 84.0 Å². The first-order valence-corrected chi connectivity index (χ1v) is 9.13. The molecule has 27 heavy (non-hydrogen) atoms. The number of carbonyl (C=O) groups excluding carboxylic acids is 1. The predicted octanol–water partition coefficient (Wildman–Crippen LogP) is 1.70. The zero-order chi connectivity index (χ0) is 19.9. The Hall–Kier alpha value is -2.35. The lowest BCUT2D eigenvalue weighted by Gasteiger charge is -2.21. The molecule has 0 saturated carbocycles. The minimum Gasteiger partial charge on any atom is -0.467 e. The maximum absolute atomic E-state index is 13.8. The number of halogens is 1. The number of aliphatic imine (C=N–C) groups is 1. The minimum absolute atomic E-state index is 0.0302. The molecule has 0 radical (unpaired) electrons. The van der Waals surface area contributed by atoms with Gasteiger partial charge in [-0.3, -0.25) is 4.79 Å². The van der Waals surface area contributed by atoms with Crippen molar-refractivity contribution in [2.75, 3.05) is 26.4 Å². The van der Waals surface area contributed by atoms with Gasteiger partial charge in [0.25, 0.3) is 0 Å². The van der Waals surface area contributed by atoms with Crippen LogP contribution in [-0.2, 0) is 22.6 Å². The van der Waals surface area contributed by atoms with E-state index in [1.807, 2.05) is 27.7 Å². The second-order valence-electron chi connectivity index (χ2n) is 7.33. The van der Waals surface area contributed by atoms with E-state index in [2.05, 4.69) is 20.9 Å². The Balaban J connectivity index is 1.94. The average Bonchev–Trinajstić information content (AvgIpc) is 2.58. The lowest BCUT2D eigenvalue weighted by Crippen LogP contribution is -2.43. The van der Waals surface area contributed by atoms with E-state index in [0.717, 1.165) is 11.1 Å². The zero-order valence-electron chi connectivity index (χ0n) is 16.4. The van der Waals surface area contributed by atoms with Crippen molar-refractivity contribution < 1.29 is 18.7 Å². The molecule has 0 spiro atoms. The minimum atomic E-state index is -0.308. The molecule has 3 N–H and O–H groups in total. The SMILES string of the molecule is CCNC(=NCC(=O)NC(C)(C)C)NCCc1cc(F)cc2c1OCOC2. The number of guanidine groups is 1. The lowest BCUT2D eigenvalue weighted by atomic mass is 10.1. The highest BCUT2D eigenvalue weighted by Gasteiger charge is 2.17. The van der Waals surface area contributed by atoms with Crippen LogP contribution >= 0.6 is 0 Å². The van der Waals surface area contributed by atoms with Crippen LogP contribution in [0.15, 0.2) is 17.1 Å². The van der Waals surface area contributed by atoms with Gasteiger partial charge in [0.15, 0.2) is 12.8 Å².